The molecular weight excluding hydrogens is 272 g/mol. The fraction of sp³-hybridized carbons (Fsp3) is 0.133. The maximum atomic E-state index is 11.0. The van der Waals surface area contributed by atoms with Crippen molar-refractivity contribution in [1.29, 1.82) is 0 Å². The van der Waals surface area contributed by atoms with Crippen LogP contribution in [-0.4, -0.2) is 10.3 Å². The van der Waals surface area contributed by atoms with Crippen molar-refractivity contribution >= 4 is 11.0 Å². The van der Waals surface area contributed by atoms with Gasteiger partial charge in [0.25, 0.3) is 5.56 Å². The van der Waals surface area contributed by atoms with Crippen LogP contribution in [0.1, 0.15) is 17.4 Å². The lowest BCUT2D eigenvalue weighted by atomic mass is 10.2. The van der Waals surface area contributed by atoms with E-state index in [4.69, 9.17) is 14.5 Å². The zero-order chi connectivity index (χ0) is 14.8. The molecule has 1 aromatic heterocycles. The molecule has 6 heteroatoms. The molecular formula is C15H14N2O4. The van der Waals surface area contributed by atoms with Gasteiger partial charge in [-0.05, 0) is 25.1 Å². The number of fused-ring (bicyclic) bond motifs is 2. The first-order chi connectivity index (χ1) is 10.1. The molecule has 21 heavy (non-hydrogen) atoms. The third-order valence-electron chi connectivity index (χ3n) is 3.13. The van der Waals surface area contributed by atoms with Crippen LogP contribution in [0.4, 0.5) is 0 Å². The minimum absolute atomic E-state index is 0.163. The first-order valence-electron chi connectivity index (χ1n) is 6.42. The number of hydrogen-bond acceptors (Lipinski definition) is 5. The molecule has 1 atom stereocenters. The molecule has 0 spiro atoms. The fourth-order valence-electron chi connectivity index (χ4n) is 2.05. The van der Waals surface area contributed by atoms with Gasteiger partial charge in [0.15, 0.2) is 17.6 Å². The minimum Gasteiger partial charge on any atom is -0.405 e. The fourth-order valence-corrected chi connectivity index (χ4v) is 2.05. The highest BCUT2D eigenvalue weighted by molar-refractivity contribution is 5.76. The molecule has 3 aromatic rings. The molecule has 3 N–H and O–H groups in total. The summed E-state index contributed by atoms with van der Waals surface area (Å²) in [5.74, 6) is 0.704. The number of nitrogens with one attached hydrogen (secondary N) is 2. The smallest absolute Gasteiger partial charge is 0.287 e. The van der Waals surface area contributed by atoms with Crippen molar-refractivity contribution in [2.45, 2.75) is 13.2 Å². The van der Waals surface area contributed by atoms with E-state index in [1.165, 1.54) is 0 Å². The van der Waals surface area contributed by atoms with Crippen LogP contribution in [0.15, 0.2) is 51.8 Å². The maximum Gasteiger partial charge on any atom is 0.287 e. The molecule has 0 bridgehead atoms. The first kappa shape index (κ1) is 13.4. The summed E-state index contributed by atoms with van der Waals surface area (Å²) in [5.41, 5.74) is 4.74. The molecule has 1 aliphatic rings. The Hall–Kier alpha value is -2.57. The van der Waals surface area contributed by atoms with E-state index in [1.807, 2.05) is 31.2 Å². The van der Waals surface area contributed by atoms with E-state index >= 15 is 0 Å². The number of aromatic nitrogens is 1. The van der Waals surface area contributed by atoms with Crippen molar-refractivity contribution in [2.75, 3.05) is 0 Å². The number of benzene rings is 2. The monoisotopic (exact) mass is 286 g/mol. The zero-order valence-electron chi connectivity index (χ0n) is 11.3. The molecule has 1 aliphatic heterocycles. The minimum atomic E-state index is -0.670. The van der Waals surface area contributed by atoms with Crippen LogP contribution in [0.2, 0.25) is 0 Å². The third-order valence-corrected chi connectivity index (χ3v) is 3.13. The average molecular weight is 286 g/mol. The van der Waals surface area contributed by atoms with Crippen LogP contribution >= 0.6 is 0 Å². The number of para-hydroxylation sites is 1. The van der Waals surface area contributed by atoms with Crippen LogP contribution in [0.3, 0.4) is 0 Å². The summed E-state index contributed by atoms with van der Waals surface area (Å²) in [5, 5.41) is 12.0. The Morgan fingerprint density at radius 2 is 2.00 bits per heavy atom. The molecule has 0 fully saturated rings. The van der Waals surface area contributed by atoms with E-state index < -0.39 is 6.23 Å². The van der Waals surface area contributed by atoms with E-state index in [-0.39, 0.29) is 5.56 Å². The Morgan fingerprint density at radius 1 is 1.19 bits per heavy atom. The average Bonchev–Trinajstić information content (AvgIpc) is 3.05. The van der Waals surface area contributed by atoms with Gasteiger partial charge < -0.3 is 14.5 Å². The molecule has 4 rings (SSSR count). The Labute approximate surface area is 119 Å². The number of H-pyrrole nitrogens is 1. The van der Waals surface area contributed by atoms with Gasteiger partial charge in [-0.25, -0.2) is 0 Å². The van der Waals surface area contributed by atoms with Gasteiger partial charge in [0.2, 0.25) is 0 Å². The summed E-state index contributed by atoms with van der Waals surface area (Å²) in [7, 11) is 0. The lowest BCUT2D eigenvalue weighted by Gasteiger charge is -1.96. The number of aryl methyl sites for hydroxylation is 1. The van der Waals surface area contributed by atoms with Crippen molar-refractivity contribution in [3.05, 3.63) is 63.9 Å². The second kappa shape index (κ2) is 5.43. The number of aromatic amines is 1. The molecule has 1 unspecified atom stereocenters. The van der Waals surface area contributed by atoms with Crippen LogP contribution < -0.4 is 15.9 Å². The summed E-state index contributed by atoms with van der Waals surface area (Å²) in [6.07, 6.45) is -0.670. The normalized spacial score (nSPS) is 16.0. The van der Waals surface area contributed by atoms with Crippen molar-refractivity contribution in [2.24, 2.45) is 0 Å². The lowest BCUT2D eigenvalue weighted by Crippen LogP contribution is -2.15. The van der Waals surface area contributed by atoms with Gasteiger partial charge in [-0.15, -0.1) is 5.48 Å². The summed E-state index contributed by atoms with van der Waals surface area (Å²) in [6, 6.07) is 12.8. The van der Waals surface area contributed by atoms with Gasteiger partial charge in [0.1, 0.15) is 0 Å². The predicted molar refractivity (Wildman–Crippen MR) is 76.7 cm³/mol. The number of hydroxylamine groups is 1. The van der Waals surface area contributed by atoms with Gasteiger partial charge >= 0.3 is 0 Å². The van der Waals surface area contributed by atoms with E-state index in [2.05, 4.69) is 10.6 Å². The Balaban J connectivity index is 0.000000126. The highest BCUT2D eigenvalue weighted by Crippen LogP contribution is 2.27. The lowest BCUT2D eigenvalue weighted by molar-refractivity contribution is 0.0529. The molecule has 2 aromatic carbocycles. The van der Waals surface area contributed by atoms with Crippen molar-refractivity contribution < 1.29 is 14.5 Å². The zero-order valence-corrected chi connectivity index (χ0v) is 11.3. The van der Waals surface area contributed by atoms with E-state index in [0.29, 0.717) is 16.7 Å². The second-order valence-corrected chi connectivity index (χ2v) is 4.69. The molecule has 0 aliphatic carbocycles. The number of aliphatic hydroxyl groups is 1. The van der Waals surface area contributed by atoms with E-state index in [1.54, 1.807) is 18.2 Å². The predicted octanol–water partition coefficient (Wildman–Crippen LogP) is 2.00. The van der Waals surface area contributed by atoms with E-state index in [0.717, 1.165) is 11.1 Å². The quantitative estimate of drug-likeness (QED) is 0.588. The van der Waals surface area contributed by atoms with Gasteiger partial charge in [0, 0.05) is 5.56 Å². The van der Waals surface area contributed by atoms with Gasteiger partial charge in [-0.3, -0.25) is 4.79 Å². The largest absolute Gasteiger partial charge is 0.405 e. The topological polar surface area (TPSA) is 87.5 Å². The van der Waals surface area contributed by atoms with Crippen molar-refractivity contribution in [1.82, 2.24) is 10.6 Å². The molecule has 0 radical (unpaired) electrons. The Morgan fingerprint density at radius 3 is 2.81 bits per heavy atom. The Kier molecular flexibility index (Phi) is 3.47. The van der Waals surface area contributed by atoms with Crippen LogP contribution in [-0.2, 0) is 0 Å². The van der Waals surface area contributed by atoms with Crippen molar-refractivity contribution in [3.63, 3.8) is 0 Å². The van der Waals surface area contributed by atoms with Gasteiger partial charge in [-0.2, -0.15) is 5.16 Å². The number of rotatable bonds is 0. The molecule has 2 heterocycles. The van der Waals surface area contributed by atoms with E-state index in [9.17, 15) is 4.79 Å². The Bertz CT molecular complexity index is 822. The molecule has 6 nitrogen and oxygen atoms in total. The van der Waals surface area contributed by atoms with Crippen LogP contribution in [0, 0.1) is 6.92 Å². The standard InChI is InChI=1S/C8H7NO2.C7H7NO2/c1-5-2-3-7-6(4-5)8(10)9-11-7;9-7-5-3-1-2-4-6(5)10-8-7/h2-4H,1H3,(H,9,10);1-4,7-9H. The highest BCUT2D eigenvalue weighted by atomic mass is 16.7. The van der Waals surface area contributed by atoms with Gasteiger partial charge in [0.05, 0.1) is 5.39 Å². The second-order valence-electron chi connectivity index (χ2n) is 4.69. The molecule has 108 valence electrons. The maximum absolute atomic E-state index is 11.0. The van der Waals surface area contributed by atoms with Gasteiger partial charge in [-0.1, -0.05) is 29.8 Å². The third kappa shape index (κ3) is 2.67. The first-order valence-corrected chi connectivity index (χ1v) is 6.42. The molecule has 0 saturated heterocycles. The SMILES string of the molecule is Cc1ccc2o[nH]c(=O)c2c1.OC1NOc2ccccc21. The van der Waals surface area contributed by atoms with Crippen LogP contribution in [0.25, 0.3) is 11.0 Å². The highest BCUT2D eigenvalue weighted by Gasteiger charge is 2.19. The van der Waals surface area contributed by atoms with Crippen LogP contribution in [0.5, 0.6) is 5.75 Å². The summed E-state index contributed by atoms with van der Waals surface area (Å²) < 4.78 is 4.87. The number of hydrogen-bond donors (Lipinski definition) is 3. The number of aliphatic hydroxyl groups excluding tert-OH is 1. The summed E-state index contributed by atoms with van der Waals surface area (Å²) in [4.78, 5) is 15.9. The molecule has 0 saturated carbocycles. The summed E-state index contributed by atoms with van der Waals surface area (Å²) >= 11 is 0. The van der Waals surface area contributed by atoms with Crippen molar-refractivity contribution in [3.8, 4) is 5.75 Å². The summed E-state index contributed by atoms with van der Waals surface area (Å²) in [6.45, 7) is 1.94. The molecule has 0 amide bonds.